The van der Waals surface area contributed by atoms with Crippen LogP contribution < -0.4 is 9.64 Å². The molecule has 0 fully saturated rings. The third-order valence-corrected chi connectivity index (χ3v) is 4.83. The van der Waals surface area contributed by atoms with Crippen LogP contribution in [0, 0.1) is 12.8 Å². The smallest absolute Gasteiger partial charge is 0.294 e. The quantitative estimate of drug-likeness (QED) is 0.865. The molecule has 2 aromatic rings. The predicted molar refractivity (Wildman–Crippen MR) is 104 cm³/mol. The van der Waals surface area contributed by atoms with Crippen molar-refractivity contribution in [2.24, 2.45) is 5.92 Å². The minimum absolute atomic E-state index is 0.153. The number of aryl methyl sites for hydroxylation is 1. The maximum Gasteiger partial charge on any atom is 0.294 e. The second-order valence-electron chi connectivity index (χ2n) is 6.91. The standard InChI is InChI=1S/C22H23NO4/c1-13(2)20(24)18-19(17-8-6-5-7-14(17)3)23(22(26)21(18)25)15-9-11-16(27-4)12-10-15/h5-13,19,25H,1-4H3. The lowest BCUT2D eigenvalue weighted by Gasteiger charge is -2.28. The Morgan fingerprint density at radius 2 is 1.74 bits per heavy atom. The summed E-state index contributed by atoms with van der Waals surface area (Å²) in [6.07, 6.45) is 0. The number of carbonyl (C=O) groups excluding carboxylic acids is 2. The number of ketones is 1. The van der Waals surface area contributed by atoms with Gasteiger partial charge in [0.2, 0.25) is 0 Å². The number of hydrogen-bond donors (Lipinski definition) is 1. The molecule has 5 nitrogen and oxygen atoms in total. The lowest BCUT2D eigenvalue weighted by Crippen LogP contribution is -2.31. The van der Waals surface area contributed by atoms with E-state index < -0.39 is 17.7 Å². The summed E-state index contributed by atoms with van der Waals surface area (Å²) in [5, 5.41) is 10.6. The van der Waals surface area contributed by atoms with Crippen LogP contribution in [0.25, 0.3) is 0 Å². The Labute approximate surface area is 158 Å². The molecule has 0 radical (unpaired) electrons. The molecule has 1 heterocycles. The number of aliphatic hydroxyl groups is 1. The van der Waals surface area contributed by atoms with E-state index >= 15 is 0 Å². The van der Waals surface area contributed by atoms with Crippen LogP contribution in [0.2, 0.25) is 0 Å². The number of rotatable bonds is 5. The summed E-state index contributed by atoms with van der Waals surface area (Å²) in [6, 6.07) is 13.9. The number of carbonyl (C=O) groups is 2. The molecule has 1 aliphatic rings. The van der Waals surface area contributed by atoms with Gasteiger partial charge in [-0.05, 0) is 42.3 Å². The molecular weight excluding hydrogens is 342 g/mol. The van der Waals surface area contributed by atoms with Crippen molar-refractivity contribution < 1.29 is 19.4 Å². The molecule has 27 heavy (non-hydrogen) atoms. The largest absolute Gasteiger partial charge is 0.503 e. The van der Waals surface area contributed by atoms with Crippen LogP contribution in [0.15, 0.2) is 59.9 Å². The minimum Gasteiger partial charge on any atom is -0.503 e. The first kappa shape index (κ1) is 18.7. The third-order valence-electron chi connectivity index (χ3n) is 4.83. The van der Waals surface area contributed by atoms with E-state index in [-0.39, 0.29) is 17.3 Å². The van der Waals surface area contributed by atoms with E-state index in [0.29, 0.717) is 11.4 Å². The van der Waals surface area contributed by atoms with Crippen molar-refractivity contribution in [2.75, 3.05) is 12.0 Å². The normalized spacial score (nSPS) is 17.0. The van der Waals surface area contributed by atoms with Crippen molar-refractivity contribution >= 4 is 17.4 Å². The van der Waals surface area contributed by atoms with E-state index in [0.717, 1.165) is 11.1 Å². The van der Waals surface area contributed by atoms with Crippen LogP contribution in [0.4, 0.5) is 5.69 Å². The molecule has 0 aliphatic carbocycles. The Hall–Kier alpha value is -3.08. The third kappa shape index (κ3) is 3.21. The average Bonchev–Trinajstić information content (AvgIpc) is 2.92. The molecule has 1 amide bonds. The van der Waals surface area contributed by atoms with Crippen LogP contribution in [-0.2, 0) is 9.59 Å². The highest BCUT2D eigenvalue weighted by Crippen LogP contribution is 2.42. The molecule has 1 unspecified atom stereocenters. The Kier molecular flexibility index (Phi) is 5.04. The zero-order chi connectivity index (χ0) is 19.7. The van der Waals surface area contributed by atoms with E-state index in [9.17, 15) is 14.7 Å². The van der Waals surface area contributed by atoms with Gasteiger partial charge in [-0.25, -0.2) is 0 Å². The van der Waals surface area contributed by atoms with Crippen LogP contribution in [0.1, 0.15) is 31.0 Å². The zero-order valence-corrected chi connectivity index (χ0v) is 15.9. The van der Waals surface area contributed by atoms with Crippen molar-refractivity contribution in [3.8, 4) is 5.75 Å². The van der Waals surface area contributed by atoms with Crippen molar-refractivity contribution in [2.45, 2.75) is 26.8 Å². The van der Waals surface area contributed by atoms with Crippen LogP contribution in [-0.4, -0.2) is 23.9 Å². The molecule has 0 saturated carbocycles. The highest BCUT2D eigenvalue weighted by Gasteiger charge is 2.45. The van der Waals surface area contributed by atoms with Crippen molar-refractivity contribution in [3.05, 3.63) is 71.0 Å². The first-order valence-electron chi connectivity index (χ1n) is 8.87. The average molecular weight is 365 g/mol. The second-order valence-corrected chi connectivity index (χ2v) is 6.91. The van der Waals surface area contributed by atoms with Gasteiger partial charge in [0.25, 0.3) is 5.91 Å². The molecular formula is C22H23NO4. The number of ether oxygens (including phenoxy) is 1. The zero-order valence-electron chi connectivity index (χ0n) is 15.9. The van der Waals surface area contributed by atoms with Gasteiger partial charge in [-0.1, -0.05) is 38.1 Å². The molecule has 5 heteroatoms. The molecule has 140 valence electrons. The molecule has 1 N–H and O–H groups in total. The molecule has 0 spiro atoms. The number of hydrogen-bond acceptors (Lipinski definition) is 4. The molecule has 0 aromatic heterocycles. The highest BCUT2D eigenvalue weighted by molar-refractivity contribution is 6.16. The fourth-order valence-corrected chi connectivity index (χ4v) is 3.36. The lowest BCUT2D eigenvalue weighted by molar-refractivity contribution is -0.119. The maximum absolute atomic E-state index is 12.9. The summed E-state index contributed by atoms with van der Waals surface area (Å²) in [4.78, 5) is 27.3. The maximum atomic E-state index is 12.9. The second kappa shape index (κ2) is 7.27. The van der Waals surface area contributed by atoms with Gasteiger partial charge in [0.05, 0.1) is 18.7 Å². The van der Waals surface area contributed by atoms with E-state index in [1.54, 1.807) is 45.2 Å². The number of nitrogens with zero attached hydrogens (tertiary/aromatic N) is 1. The van der Waals surface area contributed by atoms with Gasteiger partial charge < -0.3 is 9.84 Å². The first-order chi connectivity index (χ1) is 12.9. The monoisotopic (exact) mass is 365 g/mol. The molecule has 0 saturated heterocycles. The summed E-state index contributed by atoms with van der Waals surface area (Å²) in [5.41, 5.74) is 2.50. The summed E-state index contributed by atoms with van der Waals surface area (Å²) < 4.78 is 5.18. The highest BCUT2D eigenvalue weighted by atomic mass is 16.5. The van der Waals surface area contributed by atoms with Gasteiger partial charge in [0.15, 0.2) is 11.5 Å². The minimum atomic E-state index is -0.665. The van der Waals surface area contributed by atoms with Gasteiger partial charge in [0.1, 0.15) is 5.75 Å². The van der Waals surface area contributed by atoms with E-state index in [1.807, 2.05) is 31.2 Å². The number of amides is 1. The number of methoxy groups -OCH3 is 1. The Bertz CT molecular complexity index is 912. The van der Waals surface area contributed by atoms with Crippen molar-refractivity contribution in [1.29, 1.82) is 0 Å². The summed E-state index contributed by atoms with van der Waals surface area (Å²) in [7, 11) is 1.57. The Morgan fingerprint density at radius 1 is 1.11 bits per heavy atom. The number of Topliss-reactive ketones (excluding diaryl/α,β-unsaturated/α-hetero) is 1. The fraction of sp³-hybridized carbons (Fsp3) is 0.273. The number of anilines is 1. The van der Waals surface area contributed by atoms with E-state index in [2.05, 4.69) is 0 Å². The van der Waals surface area contributed by atoms with E-state index in [1.165, 1.54) is 4.90 Å². The number of aliphatic hydroxyl groups excluding tert-OH is 1. The Morgan fingerprint density at radius 3 is 2.30 bits per heavy atom. The first-order valence-corrected chi connectivity index (χ1v) is 8.87. The van der Waals surface area contributed by atoms with Crippen molar-refractivity contribution in [1.82, 2.24) is 0 Å². The fourth-order valence-electron chi connectivity index (χ4n) is 3.36. The molecule has 0 bridgehead atoms. The van der Waals surface area contributed by atoms with Gasteiger partial charge in [-0.2, -0.15) is 0 Å². The summed E-state index contributed by atoms with van der Waals surface area (Å²) in [6.45, 7) is 5.45. The van der Waals surface area contributed by atoms with Gasteiger partial charge >= 0.3 is 0 Å². The lowest BCUT2D eigenvalue weighted by atomic mass is 9.89. The Balaban J connectivity index is 2.19. The number of benzene rings is 2. The van der Waals surface area contributed by atoms with Gasteiger partial charge in [0, 0.05) is 11.6 Å². The van der Waals surface area contributed by atoms with Crippen LogP contribution >= 0.6 is 0 Å². The van der Waals surface area contributed by atoms with Crippen LogP contribution in [0.3, 0.4) is 0 Å². The summed E-state index contributed by atoms with van der Waals surface area (Å²) in [5.74, 6) is -0.953. The predicted octanol–water partition coefficient (Wildman–Crippen LogP) is 4.13. The molecule has 3 rings (SSSR count). The van der Waals surface area contributed by atoms with Crippen LogP contribution in [0.5, 0.6) is 5.75 Å². The van der Waals surface area contributed by atoms with Crippen molar-refractivity contribution in [3.63, 3.8) is 0 Å². The summed E-state index contributed by atoms with van der Waals surface area (Å²) >= 11 is 0. The van der Waals surface area contributed by atoms with E-state index in [4.69, 9.17) is 4.74 Å². The topological polar surface area (TPSA) is 66.8 Å². The van der Waals surface area contributed by atoms with Gasteiger partial charge in [-0.15, -0.1) is 0 Å². The van der Waals surface area contributed by atoms with Gasteiger partial charge in [-0.3, -0.25) is 14.5 Å². The SMILES string of the molecule is COc1ccc(N2C(=O)C(O)=C(C(=O)C(C)C)C2c2ccccc2C)cc1. The molecule has 1 atom stereocenters. The molecule has 2 aromatic carbocycles. The molecule has 1 aliphatic heterocycles.